The van der Waals surface area contributed by atoms with Gasteiger partial charge in [0.2, 0.25) is 0 Å². The Balaban J connectivity index is 2.40. The Morgan fingerprint density at radius 3 is 2.89 bits per heavy atom. The van der Waals surface area contributed by atoms with E-state index in [1.165, 1.54) is 0 Å². The number of aromatic nitrogens is 2. The highest BCUT2D eigenvalue weighted by atomic mass is 79.9. The number of nitrogens with one attached hydrogen (secondary N) is 1. The molecule has 4 nitrogen and oxygen atoms in total. The molecule has 0 fully saturated rings. The molecule has 0 atom stereocenters. The van der Waals surface area contributed by atoms with Gasteiger partial charge in [-0.15, -0.1) is 5.10 Å². The fourth-order valence-electron chi connectivity index (χ4n) is 1.49. The summed E-state index contributed by atoms with van der Waals surface area (Å²) in [6.45, 7) is 2.01. The van der Waals surface area contributed by atoms with Gasteiger partial charge in [-0.05, 0) is 40.5 Å². The first-order valence-electron chi connectivity index (χ1n) is 5.23. The van der Waals surface area contributed by atoms with Crippen LogP contribution in [0.2, 0.25) is 0 Å². The lowest BCUT2D eigenvalue weighted by Gasteiger charge is -2.11. The van der Waals surface area contributed by atoms with Crippen LogP contribution in [0, 0.1) is 6.92 Å². The van der Waals surface area contributed by atoms with E-state index in [0.29, 0.717) is 11.4 Å². The topological polar surface area (TPSA) is 63.8 Å². The van der Waals surface area contributed by atoms with Crippen molar-refractivity contribution in [3.05, 3.63) is 46.1 Å². The Kier molecular flexibility index (Phi) is 3.88. The maximum absolute atomic E-state index is 5.65. The van der Waals surface area contributed by atoms with Crippen LogP contribution in [-0.4, -0.2) is 15.2 Å². The maximum Gasteiger partial charge on any atom is 0.163 e. The molecule has 18 heavy (non-hydrogen) atoms. The van der Waals surface area contributed by atoms with Gasteiger partial charge in [-0.2, -0.15) is 5.10 Å². The zero-order valence-electron chi connectivity index (χ0n) is 9.64. The zero-order valence-corrected chi connectivity index (χ0v) is 12.0. The molecule has 0 aliphatic heterocycles. The molecule has 0 bridgehead atoms. The van der Waals surface area contributed by atoms with Gasteiger partial charge in [-0.3, -0.25) is 0 Å². The first kappa shape index (κ1) is 12.9. The van der Waals surface area contributed by atoms with Gasteiger partial charge in [0.25, 0.3) is 0 Å². The first-order chi connectivity index (χ1) is 8.59. The lowest BCUT2D eigenvalue weighted by atomic mass is 10.2. The van der Waals surface area contributed by atoms with E-state index < -0.39 is 0 Å². The van der Waals surface area contributed by atoms with E-state index in [2.05, 4.69) is 31.4 Å². The van der Waals surface area contributed by atoms with Crippen LogP contribution in [-0.2, 0) is 0 Å². The van der Waals surface area contributed by atoms with Gasteiger partial charge in [-0.25, -0.2) is 0 Å². The fourth-order valence-corrected chi connectivity index (χ4v) is 2.02. The Morgan fingerprint density at radius 1 is 1.39 bits per heavy atom. The van der Waals surface area contributed by atoms with Crippen LogP contribution in [0.25, 0.3) is 0 Å². The smallest absolute Gasteiger partial charge is 0.163 e. The maximum atomic E-state index is 5.65. The lowest BCUT2D eigenvalue weighted by molar-refractivity contribution is 1.03. The molecule has 92 valence electrons. The number of nitrogens with two attached hydrogens (primary N) is 1. The number of aryl methyl sites for hydroxylation is 1. The Labute approximate surface area is 119 Å². The van der Waals surface area contributed by atoms with Gasteiger partial charge in [0.05, 0.1) is 17.4 Å². The summed E-state index contributed by atoms with van der Waals surface area (Å²) in [5.41, 5.74) is 8.34. The van der Waals surface area contributed by atoms with Crippen molar-refractivity contribution in [1.82, 2.24) is 10.2 Å². The van der Waals surface area contributed by atoms with Gasteiger partial charge >= 0.3 is 0 Å². The Morgan fingerprint density at radius 2 is 2.17 bits per heavy atom. The number of hydrogen-bond acceptors (Lipinski definition) is 4. The molecule has 3 N–H and O–H groups in total. The summed E-state index contributed by atoms with van der Waals surface area (Å²) in [7, 11) is 0. The predicted octanol–water partition coefficient (Wildman–Crippen LogP) is 2.93. The number of hydrogen-bond donors (Lipinski definition) is 2. The molecule has 6 heteroatoms. The van der Waals surface area contributed by atoms with Crippen molar-refractivity contribution in [1.29, 1.82) is 0 Å². The standard InChI is InChI=1S/C12H11BrN4S/c1-7-3-2-4-9(10(7)13)16-12-8(11(14)18)5-6-15-17-12/h2-6H,1H3,(H2,14,18)(H,16,17). The highest BCUT2D eigenvalue weighted by molar-refractivity contribution is 9.10. The molecule has 1 heterocycles. The number of halogens is 1. The summed E-state index contributed by atoms with van der Waals surface area (Å²) >= 11 is 8.51. The van der Waals surface area contributed by atoms with E-state index in [-0.39, 0.29) is 4.99 Å². The van der Waals surface area contributed by atoms with Crippen molar-refractivity contribution in [2.45, 2.75) is 6.92 Å². The minimum Gasteiger partial charge on any atom is -0.389 e. The van der Waals surface area contributed by atoms with Crippen molar-refractivity contribution in [2.24, 2.45) is 5.73 Å². The molecule has 0 amide bonds. The minimum atomic E-state index is 0.288. The van der Waals surface area contributed by atoms with Crippen LogP contribution in [0.1, 0.15) is 11.1 Å². The van der Waals surface area contributed by atoms with Gasteiger partial charge in [0.15, 0.2) is 5.82 Å². The van der Waals surface area contributed by atoms with Gasteiger partial charge in [0.1, 0.15) is 4.99 Å². The number of nitrogens with zero attached hydrogens (tertiary/aromatic N) is 2. The van der Waals surface area contributed by atoms with Crippen LogP contribution in [0.3, 0.4) is 0 Å². The second-order valence-corrected chi connectivity index (χ2v) is 4.95. The first-order valence-corrected chi connectivity index (χ1v) is 6.43. The van der Waals surface area contributed by atoms with Crippen molar-refractivity contribution in [2.75, 3.05) is 5.32 Å². The second kappa shape index (κ2) is 5.41. The van der Waals surface area contributed by atoms with Crippen LogP contribution < -0.4 is 11.1 Å². The molecule has 1 aromatic carbocycles. The van der Waals surface area contributed by atoms with Crippen LogP contribution in [0.15, 0.2) is 34.9 Å². The molecule has 0 aliphatic carbocycles. The SMILES string of the molecule is Cc1cccc(Nc2nnccc2C(N)=S)c1Br. The average molecular weight is 323 g/mol. The molecule has 0 saturated carbocycles. The molecule has 0 radical (unpaired) electrons. The summed E-state index contributed by atoms with van der Waals surface area (Å²) in [6.07, 6.45) is 1.56. The molecule has 0 saturated heterocycles. The Bertz CT molecular complexity index is 600. The Hall–Kier alpha value is -1.53. The summed E-state index contributed by atoms with van der Waals surface area (Å²) in [4.78, 5) is 0.288. The van der Waals surface area contributed by atoms with Crippen molar-refractivity contribution in [3.8, 4) is 0 Å². The third-order valence-electron chi connectivity index (χ3n) is 2.43. The highest BCUT2D eigenvalue weighted by Crippen LogP contribution is 2.28. The fraction of sp³-hybridized carbons (Fsp3) is 0.0833. The molecule has 2 rings (SSSR count). The van der Waals surface area contributed by atoms with Crippen LogP contribution >= 0.6 is 28.1 Å². The van der Waals surface area contributed by atoms with Gasteiger partial charge in [0, 0.05) is 4.47 Å². The summed E-state index contributed by atoms with van der Waals surface area (Å²) in [5, 5.41) is 11.0. The van der Waals surface area contributed by atoms with E-state index in [9.17, 15) is 0 Å². The number of anilines is 2. The van der Waals surface area contributed by atoms with Crippen LogP contribution in [0.5, 0.6) is 0 Å². The predicted molar refractivity (Wildman–Crippen MR) is 80.1 cm³/mol. The number of benzene rings is 1. The van der Waals surface area contributed by atoms with Crippen molar-refractivity contribution >= 4 is 44.6 Å². The van der Waals surface area contributed by atoms with E-state index >= 15 is 0 Å². The van der Waals surface area contributed by atoms with E-state index in [0.717, 1.165) is 15.7 Å². The zero-order chi connectivity index (χ0) is 13.1. The molecule has 1 aromatic heterocycles. The summed E-state index contributed by atoms with van der Waals surface area (Å²) in [6, 6.07) is 7.65. The third kappa shape index (κ3) is 2.65. The lowest BCUT2D eigenvalue weighted by Crippen LogP contribution is -2.13. The van der Waals surface area contributed by atoms with Crippen molar-refractivity contribution < 1.29 is 0 Å². The minimum absolute atomic E-state index is 0.288. The van der Waals surface area contributed by atoms with E-state index in [1.807, 2.05) is 25.1 Å². The molecule has 0 spiro atoms. The molecular weight excluding hydrogens is 312 g/mol. The van der Waals surface area contributed by atoms with E-state index in [1.54, 1.807) is 12.3 Å². The molecular formula is C12H11BrN4S. The third-order valence-corrected chi connectivity index (χ3v) is 3.70. The number of thiocarbonyl (C=S) groups is 1. The van der Waals surface area contributed by atoms with Crippen LogP contribution in [0.4, 0.5) is 11.5 Å². The molecule has 2 aromatic rings. The molecule has 0 unspecified atom stereocenters. The normalized spacial score (nSPS) is 10.1. The number of rotatable bonds is 3. The van der Waals surface area contributed by atoms with E-state index in [4.69, 9.17) is 18.0 Å². The van der Waals surface area contributed by atoms with Gasteiger partial charge in [-0.1, -0.05) is 24.4 Å². The molecule has 0 aliphatic rings. The quantitative estimate of drug-likeness (QED) is 0.851. The van der Waals surface area contributed by atoms with Crippen molar-refractivity contribution in [3.63, 3.8) is 0 Å². The summed E-state index contributed by atoms with van der Waals surface area (Å²) < 4.78 is 0.976. The second-order valence-electron chi connectivity index (χ2n) is 3.72. The van der Waals surface area contributed by atoms with Gasteiger partial charge < -0.3 is 11.1 Å². The monoisotopic (exact) mass is 322 g/mol. The largest absolute Gasteiger partial charge is 0.389 e. The highest BCUT2D eigenvalue weighted by Gasteiger charge is 2.09. The average Bonchev–Trinajstić information content (AvgIpc) is 2.35. The summed E-state index contributed by atoms with van der Waals surface area (Å²) in [5.74, 6) is 0.552.